The third kappa shape index (κ3) is 4.65. The molecule has 4 heteroatoms. The molecule has 0 atom stereocenters. The molecule has 0 aliphatic rings. The largest absolute Gasteiger partial charge is 0.309 e. The molecule has 0 bridgehead atoms. The fraction of sp³-hybridized carbons (Fsp3) is 0. The average molecular weight is 656 g/mol. The molecular formula is C46H29N3S. The summed E-state index contributed by atoms with van der Waals surface area (Å²) in [6, 6.07) is 62.5. The highest BCUT2D eigenvalue weighted by atomic mass is 32.1. The lowest BCUT2D eigenvalue weighted by molar-refractivity contribution is 1.18. The van der Waals surface area contributed by atoms with E-state index in [2.05, 4.69) is 180 Å². The average Bonchev–Trinajstić information content (AvgIpc) is 3.74. The number of hydrogen-bond acceptors (Lipinski definition) is 3. The smallest absolute Gasteiger partial charge is 0.160 e. The molecule has 0 spiro atoms. The summed E-state index contributed by atoms with van der Waals surface area (Å²) in [5.74, 6) is 0.731. The van der Waals surface area contributed by atoms with E-state index < -0.39 is 0 Å². The predicted octanol–water partition coefficient (Wildman–Crippen LogP) is 12.6. The molecule has 0 saturated heterocycles. The van der Waals surface area contributed by atoms with Gasteiger partial charge in [-0.2, -0.15) is 0 Å². The van der Waals surface area contributed by atoms with Gasteiger partial charge in [-0.1, -0.05) is 140 Å². The number of nitrogens with zero attached hydrogens (tertiary/aromatic N) is 3. The van der Waals surface area contributed by atoms with Gasteiger partial charge in [-0.15, -0.1) is 11.3 Å². The highest BCUT2D eigenvalue weighted by molar-refractivity contribution is 7.26. The molecule has 50 heavy (non-hydrogen) atoms. The molecule has 234 valence electrons. The normalized spacial score (nSPS) is 11.6. The molecule has 3 heterocycles. The summed E-state index contributed by atoms with van der Waals surface area (Å²) in [5.41, 5.74) is 12.3. The first-order valence-corrected chi connectivity index (χ1v) is 17.7. The zero-order valence-electron chi connectivity index (χ0n) is 27.0. The van der Waals surface area contributed by atoms with E-state index in [1.54, 1.807) is 11.3 Å². The zero-order valence-corrected chi connectivity index (χ0v) is 27.8. The van der Waals surface area contributed by atoms with Crippen molar-refractivity contribution < 1.29 is 0 Å². The highest BCUT2D eigenvalue weighted by Gasteiger charge is 2.19. The number of thiophene rings is 1. The summed E-state index contributed by atoms with van der Waals surface area (Å²) >= 11 is 1.76. The van der Waals surface area contributed by atoms with Gasteiger partial charge in [-0.25, -0.2) is 9.97 Å². The van der Waals surface area contributed by atoms with Gasteiger partial charge in [0.25, 0.3) is 0 Å². The van der Waals surface area contributed by atoms with Crippen LogP contribution in [0.15, 0.2) is 176 Å². The molecule has 0 fully saturated rings. The minimum Gasteiger partial charge on any atom is -0.309 e. The molecule has 0 aliphatic carbocycles. The van der Waals surface area contributed by atoms with E-state index in [0.29, 0.717) is 0 Å². The number of para-hydroxylation sites is 1. The molecule has 0 N–H and O–H groups in total. The van der Waals surface area contributed by atoms with E-state index in [4.69, 9.17) is 9.97 Å². The van der Waals surface area contributed by atoms with E-state index in [1.807, 2.05) is 0 Å². The van der Waals surface area contributed by atoms with Gasteiger partial charge in [-0.3, -0.25) is 0 Å². The number of rotatable bonds is 5. The van der Waals surface area contributed by atoms with Gasteiger partial charge < -0.3 is 4.57 Å². The second-order valence-electron chi connectivity index (χ2n) is 12.6. The number of benzene rings is 7. The van der Waals surface area contributed by atoms with Crippen molar-refractivity contribution in [3.8, 4) is 50.6 Å². The Hall–Kier alpha value is -6.36. The zero-order chi connectivity index (χ0) is 33.0. The number of aromatic nitrogens is 3. The summed E-state index contributed by atoms with van der Waals surface area (Å²) in [7, 11) is 0. The Balaban J connectivity index is 1.17. The van der Waals surface area contributed by atoms with Crippen molar-refractivity contribution in [2.75, 3.05) is 0 Å². The maximum Gasteiger partial charge on any atom is 0.160 e. The molecule has 3 aromatic heterocycles. The standard InChI is InChI=1S/C46H29N3S/c1-3-14-30(15-4-1)32-18-12-21-35(29-32)49-39-25-9-7-22-37(39)42-36(24-13-26-40(42)49)33-19-11-20-34(28-33)46-47-43(31-16-5-2-6-17-31)45-44(48-46)38-23-8-10-27-41(38)50-45/h1-29H. The van der Waals surface area contributed by atoms with Crippen LogP contribution >= 0.6 is 11.3 Å². The van der Waals surface area contributed by atoms with Gasteiger partial charge >= 0.3 is 0 Å². The van der Waals surface area contributed by atoms with Crippen LogP contribution in [0.4, 0.5) is 0 Å². The topological polar surface area (TPSA) is 30.7 Å². The first-order chi connectivity index (χ1) is 24.8. The maximum atomic E-state index is 5.26. The highest BCUT2D eigenvalue weighted by Crippen LogP contribution is 2.42. The Morgan fingerprint density at radius 2 is 1.08 bits per heavy atom. The Morgan fingerprint density at radius 3 is 1.94 bits per heavy atom. The van der Waals surface area contributed by atoms with E-state index in [0.717, 1.165) is 44.1 Å². The molecule has 0 saturated carbocycles. The summed E-state index contributed by atoms with van der Waals surface area (Å²) in [5, 5.41) is 3.62. The molecule has 10 aromatic rings. The molecule has 10 rings (SSSR count). The lowest BCUT2D eigenvalue weighted by atomic mass is 9.97. The summed E-state index contributed by atoms with van der Waals surface area (Å²) < 4.78 is 4.73. The van der Waals surface area contributed by atoms with Crippen molar-refractivity contribution in [1.29, 1.82) is 0 Å². The Labute approximate surface area is 293 Å². The lowest BCUT2D eigenvalue weighted by Crippen LogP contribution is -1.95. The van der Waals surface area contributed by atoms with Crippen LogP contribution in [-0.2, 0) is 0 Å². The lowest BCUT2D eigenvalue weighted by Gasteiger charge is -2.11. The predicted molar refractivity (Wildman–Crippen MR) is 211 cm³/mol. The molecule has 3 nitrogen and oxygen atoms in total. The van der Waals surface area contributed by atoms with Crippen molar-refractivity contribution in [3.05, 3.63) is 176 Å². The number of fused-ring (bicyclic) bond motifs is 6. The molecular weight excluding hydrogens is 627 g/mol. The minimum absolute atomic E-state index is 0.731. The van der Waals surface area contributed by atoms with Gasteiger partial charge in [0.2, 0.25) is 0 Å². The van der Waals surface area contributed by atoms with Crippen LogP contribution in [0.2, 0.25) is 0 Å². The van der Waals surface area contributed by atoms with Crippen LogP contribution in [0.3, 0.4) is 0 Å². The molecule has 0 aliphatic heterocycles. The number of hydrogen-bond donors (Lipinski definition) is 0. The summed E-state index contributed by atoms with van der Waals surface area (Å²) in [4.78, 5) is 10.5. The van der Waals surface area contributed by atoms with Crippen LogP contribution in [0.1, 0.15) is 0 Å². The van der Waals surface area contributed by atoms with Crippen molar-refractivity contribution in [2.24, 2.45) is 0 Å². The van der Waals surface area contributed by atoms with Gasteiger partial charge in [0, 0.05) is 37.7 Å². The first-order valence-electron chi connectivity index (χ1n) is 16.8. The van der Waals surface area contributed by atoms with Crippen molar-refractivity contribution >= 4 is 53.4 Å². The van der Waals surface area contributed by atoms with Crippen LogP contribution in [0, 0.1) is 0 Å². The van der Waals surface area contributed by atoms with E-state index in [9.17, 15) is 0 Å². The molecule has 7 aromatic carbocycles. The fourth-order valence-corrected chi connectivity index (χ4v) is 8.48. The maximum absolute atomic E-state index is 5.26. The van der Waals surface area contributed by atoms with E-state index in [1.165, 1.54) is 48.6 Å². The molecule has 0 amide bonds. The van der Waals surface area contributed by atoms with Gasteiger partial charge in [0.15, 0.2) is 5.82 Å². The minimum atomic E-state index is 0.731. The van der Waals surface area contributed by atoms with Crippen LogP contribution in [-0.4, -0.2) is 14.5 Å². The molecule has 0 radical (unpaired) electrons. The van der Waals surface area contributed by atoms with E-state index in [-0.39, 0.29) is 0 Å². The van der Waals surface area contributed by atoms with Gasteiger partial charge in [0.1, 0.15) is 0 Å². The summed E-state index contributed by atoms with van der Waals surface area (Å²) in [6.45, 7) is 0. The third-order valence-corrected chi connectivity index (χ3v) is 10.8. The second kappa shape index (κ2) is 11.7. The van der Waals surface area contributed by atoms with Crippen LogP contribution in [0.5, 0.6) is 0 Å². The van der Waals surface area contributed by atoms with Crippen LogP contribution in [0.25, 0.3) is 92.7 Å². The molecule has 0 unspecified atom stereocenters. The SMILES string of the molecule is c1ccc(-c2cccc(-n3c4ccccc4c4c(-c5cccc(-c6nc(-c7ccccc7)c7sc8ccccc8c7n6)c5)cccc43)c2)cc1. The monoisotopic (exact) mass is 655 g/mol. The summed E-state index contributed by atoms with van der Waals surface area (Å²) in [6.07, 6.45) is 0. The third-order valence-electron chi connectivity index (χ3n) is 9.61. The quantitative estimate of drug-likeness (QED) is 0.185. The van der Waals surface area contributed by atoms with E-state index >= 15 is 0 Å². The van der Waals surface area contributed by atoms with Gasteiger partial charge in [-0.05, 0) is 58.7 Å². The Morgan fingerprint density at radius 1 is 0.440 bits per heavy atom. The van der Waals surface area contributed by atoms with Crippen molar-refractivity contribution in [3.63, 3.8) is 0 Å². The van der Waals surface area contributed by atoms with Gasteiger partial charge in [0.05, 0.1) is 26.9 Å². The fourth-order valence-electron chi connectivity index (χ4n) is 7.33. The Bertz CT molecular complexity index is 2870. The van der Waals surface area contributed by atoms with Crippen molar-refractivity contribution in [2.45, 2.75) is 0 Å². The Kier molecular flexibility index (Phi) is 6.68. The van der Waals surface area contributed by atoms with Crippen LogP contribution < -0.4 is 0 Å². The first kappa shape index (κ1) is 28.6. The second-order valence-corrected chi connectivity index (χ2v) is 13.6. The van der Waals surface area contributed by atoms with Crippen molar-refractivity contribution in [1.82, 2.24) is 14.5 Å².